The molecular weight excluding hydrogens is 374 g/mol. The second-order valence-corrected chi connectivity index (χ2v) is 6.03. The first-order chi connectivity index (χ1) is 14.1. The van der Waals surface area contributed by atoms with E-state index < -0.39 is 11.5 Å². The van der Waals surface area contributed by atoms with Gasteiger partial charge in [0.15, 0.2) is 17.1 Å². The maximum Gasteiger partial charge on any atom is 0.283 e. The molecule has 0 bridgehead atoms. The van der Waals surface area contributed by atoms with E-state index in [2.05, 4.69) is 15.5 Å². The standard InChI is InChI=1S/C20H17N5O4/c1-28-16-10-6-9-14(17(16)29-2)19(26)23-24-12-21-18-15(20(24)27)11-22-25(18)13-7-4-3-5-8-13/h3-12H,1-2H3,(H,23,26). The minimum Gasteiger partial charge on any atom is -0.493 e. The molecule has 1 N–H and O–H groups in total. The quantitative estimate of drug-likeness (QED) is 0.558. The molecule has 4 rings (SSSR count). The lowest BCUT2D eigenvalue weighted by Crippen LogP contribution is -2.33. The van der Waals surface area contributed by atoms with E-state index in [1.54, 1.807) is 22.9 Å². The van der Waals surface area contributed by atoms with Gasteiger partial charge in [0.25, 0.3) is 11.5 Å². The van der Waals surface area contributed by atoms with E-state index in [0.717, 1.165) is 10.4 Å². The number of aromatic nitrogens is 4. The van der Waals surface area contributed by atoms with Crippen LogP contribution in [0.5, 0.6) is 11.5 Å². The lowest BCUT2D eigenvalue weighted by atomic mass is 10.2. The van der Waals surface area contributed by atoms with Crippen molar-refractivity contribution in [2.45, 2.75) is 0 Å². The van der Waals surface area contributed by atoms with Gasteiger partial charge in [-0.3, -0.25) is 15.0 Å². The van der Waals surface area contributed by atoms with Crippen LogP contribution in [0.25, 0.3) is 16.7 Å². The van der Waals surface area contributed by atoms with Crippen LogP contribution in [0.3, 0.4) is 0 Å². The molecule has 9 heteroatoms. The van der Waals surface area contributed by atoms with Crippen LogP contribution in [0.4, 0.5) is 0 Å². The molecular formula is C20H17N5O4. The van der Waals surface area contributed by atoms with Crippen molar-refractivity contribution in [2.75, 3.05) is 19.6 Å². The van der Waals surface area contributed by atoms with Crippen molar-refractivity contribution in [3.63, 3.8) is 0 Å². The number of nitrogens with one attached hydrogen (secondary N) is 1. The zero-order valence-corrected chi connectivity index (χ0v) is 15.7. The van der Waals surface area contributed by atoms with E-state index in [1.807, 2.05) is 30.3 Å². The first-order valence-corrected chi connectivity index (χ1v) is 8.67. The van der Waals surface area contributed by atoms with Gasteiger partial charge in [-0.05, 0) is 24.3 Å². The van der Waals surface area contributed by atoms with Crippen molar-refractivity contribution >= 4 is 16.9 Å². The van der Waals surface area contributed by atoms with Gasteiger partial charge < -0.3 is 9.47 Å². The third kappa shape index (κ3) is 3.18. The Labute approximate surface area is 165 Å². The normalized spacial score (nSPS) is 10.7. The minimum atomic E-state index is -0.542. The Morgan fingerprint density at radius 1 is 1.03 bits per heavy atom. The Morgan fingerprint density at radius 3 is 2.55 bits per heavy atom. The smallest absolute Gasteiger partial charge is 0.283 e. The molecule has 0 saturated heterocycles. The van der Waals surface area contributed by atoms with Gasteiger partial charge in [-0.25, -0.2) is 14.3 Å². The van der Waals surface area contributed by atoms with Crippen LogP contribution in [0.15, 0.2) is 65.8 Å². The number of nitrogens with zero attached hydrogens (tertiary/aromatic N) is 4. The molecule has 0 unspecified atom stereocenters. The van der Waals surface area contributed by atoms with Gasteiger partial charge in [0.05, 0.1) is 31.7 Å². The Kier molecular flexibility index (Phi) is 4.70. The van der Waals surface area contributed by atoms with Crippen molar-refractivity contribution < 1.29 is 14.3 Å². The van der Waals surface area contributed by atoms with Gasteiger partial charge in [-0.2, -0.15) is 5.10 Å². The molecule has 4 aromatic rings. The van der Waals surface area contributed by atoms with E-state index in [1.165, 1.54) is 26.7 Å². The summed E-state index contributed by atoms with van der Waals surface area (Å²) >= 11 is 0. The largest absolute Gasteiger partial charge is 0.493 e. The van der Waals surface area contributed by atoms with Crippen molar-refractivity contribution in [3.8, 4) is 17.2 Å². The highest BCUT2D eigenvalue weighted by Gasteiger charge is 2.18. The van der Waals surface area contributed by atoms with E-state index in [-0.39, 0.29) is 16.7 Å². The van der Waals surface area contributed by atoms with Crippen molar-refractivity contribution in [2.24, 2.45) is 0 Å². The second kappa shape index (κ2) is 7.47. The summed E-state index contributed by atoms with van der Waals surface area (Å²) in [6.07, 6.45) is 2.67. The summed E-state index contributed by atoms with van der Waals surface area (Å²) in [4.78, 5) is 29.8. The number of para-hydroxylation sites is 2. The molecule has 2 aromatic heterocycles. The Balaban J connectivity index is 1.70. The summed E-state index contributed by atoms with van der Waals surface area (Å²) in [5.41, 5.74) is 3.46. The zero-order chi connectivity index (χ0) is 20.4. The number of hydrogen-bond acceptors (Lipinski definition) is 6. The summed E-state index contributed by atoms with van der Waals surface area (Å²) in [7, 11) is 2.92. The van der Waals surface area contributed by atoms with E-state index >= 15 is 0 Å². The van der Waals surface area contributed by atoms with Crippen LogP contribution in [0.2, 0.25) is 0 Å². The SMILES string of the molecule is COc1cccc(C(=O)Nn2cnc3c(cnn3-c3ccccc3)c2=O)c1OC. The number of methoxy groups -OCH3 is 2. The van der Waals surface area contributed by atoms with Crippen LogP contribution in [-0.4, -0.2) is 39.6 Å². The van der Waals surface area contributed by atoms with Crippen molar-refractivity contribution in [3.05, 3.63) is 77.0 Å². The van der Waals surface area contributed by atoms with E-state index in [9.17, 15) is 9.59 Å². The molecule has 0 aliphatic rings. The molecule has 0 radical (unpaired) electrons. The fourth-order valence-corrected chi connectivity index (χ4v) is 2.99. The lowest BCUT2D eigenvalue weighted by molar-refractivity contribution is 0.100. The predicted octanol–water partition coefficient (Wildman–Crippen LogP) is 1.98. The summed E-state index contributed by atoms with van der Waals surface area (Å²) in [6.45, 7) is 0. The number of rotatable bonds is 5. The summed E-state index contributed by atoms with van der Waals surface area (Å²) in [5, 5.41) is 4.52. The zero-order valence-electron chi connectivity index (χ0n) is 15.7. The third-order valence-corrected chi connectivity index (χ3v) is 4.36. The minimum absolute atomic E-state index is 0.221. The van der Waals surface area contributed by atoms with Crippen LogP contribution in [0, 0.1) is 0 Å². The Hall–Kier alpha value is -4.14. The monoisotopic (exact) mass is 391 g/mol. The molecule has 146 valence electrons. The van der Waals surface area contributed by atoms with Crippen molar-refractivity contribution in [1.29, 1.82) is 0 Å². The molecule has 29 heavy (non-hydrogen) atoms. The van der Waals surface area contributed by atoms with Crippen LogP contribution < -0.4 is 20.5 Å². The molecule has 2 aromatic carbocycles. The maximum atomic E-state index is 12.8. The molecule has 9 nitrogen and oxygen atoms in total. The van der Waals surface area contributed by atoms with Gasteiger partial charge in [0.1, 0.15) is 11.7 Å². The summed E-state index contributed by atoms with van der Waals surface area (Å²) in [6, 6.07) is 14.2. The second-order valence-electron chi connectivity index (χ2n) is 6.03. The van der Waals surface area contributed by atoms with Gasteiger partial charge in [-0.15, -0.1) is 0 Å². The van der Waals surface area contributed by atoms with Crippen LogP contribution in [0.1, 0.15) is 10.4 Å². The van der Waals surface area contributed by atoms with Crippen molar-refractivity contribution in [1.82, 2.24) is 19.4 Å². The average Bonchev–Trinajstić information content (AvgIpc) is 3.20. The first-order valence-electron chi connectivity index (χ1n) is 8.67. The average molecular weight is 391 g/mol. The molecule has 0 fully saturated rings. The number of carbonyl (C=O) groups excluding carboxylic acids is 1. The molecule has 0 saturated carbocycles. The van der Waals surface area contributed by atoms with Crippen LogP contribution >= 0.6 is 0 Å². The maximum absolute atomic E-state index is 12.8. The van der Waals surface area contributed by atoms with E-state index in [0.29, 0.717) is 11.4 Å². The highest BCUT2D eigenvalue weighted by atomic mass is 16.5. The van der Waals surface area contributed by atoms with Gasteiger partial charge in [-0.1, -0.05) is 24.3 Å². The summed E-state index contributed by atoms with van der Waals surface area (Å²) < 4.78 is 13.1. The molecule has 2 heterocycles. The number of ether oxygens (including phenoxy) is 2. The van der Waals surface area contributed by atoms with Gasteiger partial charge in [0.2, 0.25) is 0 Å². The number of hydrogen-bond donors (Lipinski definition) is 1. The molecule has 0 aliphatic carbocycles. The molecule has 0 spiro atoms. The molecule has 0 atom stereocenters. The third-order valence-electron chi connectivity index (χ3n) is 4.36. The Bertz CT molecular complexity index is 1250. The van der Waals surface area contributed by atoms with E-state index in [4.69, 9.17) is 9.47 Å². The number of carbonyl (C=O) groups is 1. The lowest BCUT2D eigenvalue weighted by Gasteiger charge is -2.13. The molecule has 0 aliphatic heterocycles. The Morgan fingerprint density at radius 2 is 1.83 bits per heavy atom. The van der Waals surface area contributed by atoms with Gasteiger partial charge >= 0.3 is 0 Å². The number of benzene rings is 2. The first kappa shape index (κ1) is 18.2. The molecule has 1 amide bonds. The van der Waals surface area contributed by atoms with Crippen LogP contribution in [-0.2, 0) is 0 Å². The summed E-state index contributed by atoms with van der Waals surface area (Å²) in [5.74, 6) is 0.135. The fourth-order valence-electron chi connectivity index (χ4n) is 2.99. The predicted molar refractivity (Wildman–Crippen MR) is 106 cm³/mol. The highest BCUT2D eigenvalue weighted by Crippen LogP contribution is 2.30. The fraction of sp³-hybridized carbons (Fsp3) is 0.100. The number of fused-ring (bicyclic) bond motifs is 1. The van der Waals surface area contributed by atoms with Gasteiger partial charge in [0, 0.05) is 0 Å². The topological polar surface area (TPSA) is 100 Å². The number of amides is 1. The highest BCUT2D eigenvalue weighted by molar-refractivity contribution is 6.03.